The Balaban J connectivity index is 0.00000225. The largest absolute Gasteiger partial charge is 0.347 e. The number of carbonyl (C=O) groups excluding carboxylic acids is 2. The molecule has 0 saturated carbocycles. The van der Waals surface area contributed by atoms with Crippen LogP contribution in [-0.2, 0) is 6.54 Å². The second kappa shape index (κ2) is 8.99. The topological polar surface area (TPSA) is 75.4 Å². The van der Waals surface area contributed by atoms with Gasteiger partial charge in [0, 0.05) is 31.2 Å². The zero-order valence-corrected chi connectivity index (χ0v) is 15.4. The molecule has 1 atom stereocenters. The Hall–Kier alpha value is -1.89. The summed E-state index contributed by atoms with van der Waals surface area (Å²) >= 11 is 1.42. The fourth-order valence-corrected chi connectivity index (χ4v) is 3.60. The Bertz CT molecular complexity index is 704. The molecule has 1 aliphatic rings. The number of nitrogens with two attached hydrogens (primary N) is 1. The first-order valence-corrected chi connectivity index (χ1v) is 8.98. The van der Waals surface area contributed by atoms with E-state index >= 15 is 0 Å². The molecule has 134 valence electrons. The Kier molecular flexibility index (Phi) is 6.99. The van der Waals surface area contributed by atoms with E-state index in [0.717, 1.165) is 24.9 Å². The van der Waals surface area contributed by atoms with Crippen LogP contribution in [0.3, 0.4) is 0 Å². The molecule has 0 radical (unpaired) electrons. The summed E-state index contributed by atoms with van der Waals surface area (Å²) in [4.78, 5) is 27.0. The number of thiophene rings is 1. The molecular formula is C18H22ClN3O2S. The third-order valence-corrected chi connectivity index (χ3v) is 5.18. The molecule has 1 aliphatic heterocycles. The van der Waals surface area contributed by atoms with Gasteiger partial charge in [-0.15, -0.1) is 23.7 Å². The molecule has 1 aromatic carbocycles. The summed E-state index contributed by atoms with van der Waals surface area (Å²) < 4.78 is 0. The number of halogens is 1. The minimum atomic E-state index is -0.0759. The number of hydrogen-bond donors (Lipinski definition) is 2. The number of benzene rings is 1. The predicted molar refractivity (Wildman–Crippen MR) is 102 cm³/mol. The summed E-state index contributed by atoms with van der Waals surface area (Å²) in [5.41, 5.74) is 7.38. The van der Waals surface area contributed by atoms with Gasteiger partial charge in [0.05, 0.1) is 4.88 Å². The van der Waals surface area contributed by atoms with Gasteiger partial charge in [-0.2, -0.15) is 0 Å². The van der Waals surface area contributed by atoms with E-state index in [4.69, 9.17) is 5.73 Å². The summed E-state index contributed by atoms with van der Waals surface area (Å²) in [6.07, 6.45) is 2.00. The first-order chi connectivity index (χ1) is 11.7. The van der Waals surface area contributed by atoms with Crippen molar-refractivity contribution >= 4 is 35.6 Å². The van der Waals surface area contributed by atoms with Crippen molar-refractivity contribution in [2.75, 3.05) is 13.1 Å². The molecule has 3 N–H and O–H groups in total. The van der Waals surface area contributed by atoms with Crippen molar-refractivity contribution in [3.05, 3.63) is 57.8 Å². The second-order valence-electron chi connectivity index (χ2n) is 5.89. The van der Waals surface area contributed by atoms with Crippen molar-refractivity contribution in [2.45, 2.75) is 25.4 Å². The molecule has 2 amide bonds. The van der Waals surface area contributed by atoms with Crippen molar-refractivity contribution in [1.82, 2.24) is 10.2 Å². The van der Waals surface area contributed by atoms with Crippen molar-refractivity contribution in [3.8, 4) is 0 Å². The van der Waals surface area contributed by atoms with Gasteiger partial charge in [0.1, 0.15) is 0 Å². The average Bonchev–Trinajstić information content (AvgIpc) is 3.30. The molecular weight excluding hydrogens is 358 g/mol. The predicted octanol–water partition coefficient (Wildman–Crippen LogP) is 2.66. The molecule has 2 heterocycles. The van der Waals surface area contributed by atoms with Crippen LogP contribution in [0.2, 0.25) is 0 Å². The van der Waals surface area contributed by atoms with Crippen LogP contribution >= 0.6 is 23.7 Å². The van der Waals surface area contributed by atoms with Gasteiger partial charge in [-0.1, -0.05) is 18.2 Å². The van der Waals surface area contributed by atoms with E-state index in [-0.39, 0.29) is 30.3 Å². The van der Waals surface area contributed by atoms with Gasteiger partial charge in [0.15, 0.2) is 0 Å². The molecule has 3 rings (SSSR count). The van der Waals surface area contributed by atoms with Gasteiger partial charge in [-0.3, -0.25) is 9.59 Å². The third-order valence-electron chi connectivity index (χ3n) is 4.31. The van der Waals surface area contributed by atoms with Crippen LogP contribution < -0.4 is 11.1 Å². The first-order valence-electron chi connectivity index (χ1n) is 8.10. The zero-order valence-electron chi connectivity index (χ0n) is 13.8. The van der Waals surface area contributed by atoms with Crippen LogP contribution in [-0.4, -0.2) is 35.8 Å². The van der Waals surface area contributed by atoms with Crippen molar-refractivity contribution < 1.29 is 9.59 Å². The molecule has 1 saturated heterocycles. The maximum atomic E-state index is 12.6. The smallest absolute Gasteiger partial charge is 0.261 e. The van der Waals surface area contributed by atoms with Crippen LogP contribution in [0, 0.1) is 0 Å². The fourth-order valence-electron chi connectivity index (χ4n) is 2.96. The van der Waals surface area contributed by atoms with E-state index in [0.29, 0.717) is 23.5 Å². The highest BCUT2D eigenvalue weighted by atomic mass is 35.5. The standard InChI is InChI=1S/C18H21N3O2S.ClH/c19-11-15-3-1-9-21(15)18(23)14-7-5-13(6-8-14)12-20-17(22)16-4-2-10-24-16;/h2,4-8,10,15H,1,3,9,11-12,19H2,(H,20,22);1H. The van der Waals surface area contributed by atoms with Gasteiger partial charge in [0.25, 0.3) is 11.8 Å². The highest BCUT2D eigenvalue weighted by molar-refractivity contribution is 7.12. The fraction of sp³-hybridized carbons (Fsp3) is 0.333. The third kappa shape index (κ3) is 4.60. The van der Waals surface area contributed by atoms with Crippen LogP contribution in [0.5, 0.6) is 0 Å². The van der Waals surface area contributed by atoms with Crippen molar-refractivity contribution in [2.24, 2.45) is 5.73 Å². The number of hydrogen-bond acceptors (Lipinski definition) is 4. The summed E-state index contributed by atoms with van der Waals surface area (Å²) in [5.74, 6) is -0.0369. The molecule has 0 aliphatic carbocycles. The quantitative estimate of drug-likeness (QED) is 0.838. The van der Waals surface area contributed by atoms with Crippen LogP contribution in [0.15, 0.2) is 41.8 Å². The van der Waals surface area contributed by atoms with Gasteiger partial charge >= 0.3 is 0 Å². The summed E-state index contributed by atoms with van der Waals surface area (Å²) in [6, 6.07) is 11.2. The average molecular weight is 380 g/mol. The summed E-state index contributed by atoms with van der Waals surface area (Å²) in [7, 11) is 0. The molecule has 5 nitrogen and oxygen atoms in total. The normalized spacial score (nSPS) is 16.4. The lowest BCUT2D eigenvalue weighted by atomic mass is 10.1. The number of nitrogens with zero attached hydrogens (tertiary/aromatic N) is 1. The molecule has 25 heavy (non-hydrogen) atoms. The van der Waals surface area contributed by atoms with Gasteiger partial charge < -0.3 is 16.0 Å². The second-order valence-corrected chi connectivity index (χ2v) is 6.83. The highest BCUT2D eigenvalue weighted by Crippen LogP contribution is 2.19. The van der Waals surface area contributed by atoms with E-state index in [9.17, 15) is 9.59 Å². The number of likely N-dealkylation sites (tertiary alicyclic amines) is 1. The minimum Gasteiger partial charge on any atom is -0.347 e. The molecule has 1 aromatic heterocycles. The Morgan fingerprint density at radius 1 is 1.24 bits per heavy atom. The molecule has 1 unspecified atom stereocenters. The number of nitrogens with one attached hydrogen (secondary N) is 1. The summed E-state index contributed by atoms with van der Waals surface area (Å²) in [6.45, 7) is 1.73. The first kappa shape index (κ1) is 19.4. The molecule has 2 aromatic rings. The maximum absolute atomic E-state index is 12.6. The van der Waals surface area contributed by atoms with Crippen LogP contribution in [0.1, 0.15) is 38.4 Å². The van der Waals surface area contributed by atoms with Crippen molar-refractivity contribution in [1.29, 1.82) is 0 Å². The Labute approximate surface area is 157 Å². The number of rotatable bonds is 5. The Morgan fingerprint density at radius 3 is 2.64 bits per heavy atom. The van der Waals surface area contributed by atoms with E-state index in [1.54, 1.807) is 6.07 Å². The lowest BCUT2D eigenvalue weighted by Gasteiger charge is -2.23. The minimum absolute atomic E-state index is 0. The van der Waals surface area contributed by atoms with Gasteiger partial charge in [-0.25, -0.2) is 0 Å². The van der Waals surface area contributed by atoms with E-state index in [1.165, 1.54) is 11.3 Å². The van der Waals surface area contributed by atoms with Gasteiger partial charge in [-0.05, 0) is 42.0 Å². The van der Waals surface area contributed by atoms with E-state index in [1.807, 2.05) is 40.6 Å². The molecule has 0 spiro atoms. The van der Waals surface area contributed by atoms with E-state index in [2.05, 4.69) is 5.32 Å². The molecule has 7 heteroatoms. The molecule has 0 bridgehead atoms. The zero-order chi connectivity index (χ0) is 16.9. The highest BCUT2D eigenvalue weighted by Gasteiger charge is 2.28. The number of amides is 2. The Morgan fingerprint density at radius 2 is 2.00 bits per heavy atom. The van der Waals surface area contributed by atoms with Crippen LogP contribution in [0.25, 0.3) is 0 Å². The van der Waals surface area contributed by atoms with Crippen LogP contribution in [0.4, 0.5) is 0 Å². The SMILES string of the molecule is Cl.NCC1CCCN1C(=O)c1ccc(CNC(=O)c2cccs2)cc1. The lowest BCUT2D eigenvalue weighted by molar-refractivity contribution is 0.0741. The maximum Gasteiger partial charge on any atom is 0.261 e. The summed E-state index contributed by atoms with van der Waals surface area (Å²) in [5, 5.41) is 4.76. The number of carbonyl (C=O) groups is 2. The molecule has 1 fully saturated rings. The van der Waals surface area contributed by atoms with Crippen molar-refractivity contribution in [3.63, 3.8) is 0 Å². The lowest BCUT2D eigenvalue weighted by Crippen LogP contribution is -2.39. The van der Waals surface area contributed by atoms with E-state index < -0.39 is 0 Å². The van der Waals surface area contributed by atoms with Gasteiger partial charge in [0.2, 0.25) is 0 Å². The monoisotopic (exact) mass is 379 g/mol.